The van der Waals surface area contributed by atoms with Crippen molar-refractivity contribution in [3.63, 3.8) is 0 Å². The van der Waals surface area contributed by atoms with Crippen LogP contribution in [0.5, 0.6) is 0 Å². The van der Waals surface area contributed by atoms with Crippen LogP contribution < -0.4 is 0 Å². The first kappa shape index (κ1) is 11.0. The molecule has 0 amide bonds. The third kappa shape index (κ3) is 2.99. The summed E-state index contributed by atoms with van der Waals surface area (Å²) in [5.41, 5.74) is 0. The molecule has 0 aromatic rings. The van der Waals surface area contributed by atoms with Crippen molar-refractivity contribution in [2.75, 3.05) is 5.75 Å². The van der Waals surface area contributed by atoms with Crippen LogP contribution in [0.4, 0.5) is 4.39 Å². The molecule has 0 aromatic carbocycles. The van der Waals surface area contributed by atoms with Gasteiger partial charge in [0.25, 0.3) is 0 Å². The van der Waals surface area contributed by atoms with Gasteiger partial charge in [0.15, 0.2) is 0 Å². The van der Waals surface area contributed by atoms with Crippen LogP contribution in [0.25, 0.3) is 0 Å². The molecule has 78 valence electrons. The Bertz CT molecular complexity index is 301. The molecule has 2 N–H and O–H groups in total. The number of thiol groups is 1. The van der Waals surface area contributed by atoms with Crippen molar-refractivity contribution in [2.45, 2.75) is 6.42 Å². The van der Waals surface area contributed by atoms with E-state index in [-0.39, 0.29) is 5.83 Å². The second-order valence-corrected chi connectivity index (χ2v) is 5.00. The van der Waals surface area contributed by atoms with Gasteiger partial charge in [0.2, 0.25) is 0 Å². The fraction of sp³-hybridized carbons (Fsp3) is 0.333. The minimum Gasteiger partial charge on any atom is -0.481 e. The van der Waals surface area contributed by atoms with Crippen LogP contribution >= 0.6 is 10.9 Å². The first-order valence-electron chi connectivity index (χ1n) is 4.18. The molecule has 1 aliphatic rings. The van der Waals surface area contributed by atoms with E-state index in [2.05, 4.69) is 0 Å². The van der Waals surface area contributed by atoms with Gasteiger partial charge in [0, 0.05) is 6.21 Å². The summed E-state index contributed by atoms with van der Waals surface area (Å²) in [6.45, 7) is 0. The summed E-state index contributed by atoms with van der Waals surface area (Å²) in [6, 6.07) is 0. The first-order valence-corrected chi connectivity index (χ1v) is 5.84. The van der Waals surface area contributed by atoms with Crippen molar-refractivity contribution >= 4 is 23.1 Å². The van der Waals surface area contributed by atoms with Crippen molar-refractivity contribution in [2.24, 2.45) is 5.92 Å². The average molecular weight is 217 g/mol. The zero-order valence-electron chi connectivity index (χ0n) is 7.48. The maximum absolute atomic E-state index is 12.6. The third-order valence-corrected chi connectivity index (χ3v) is 3.82. The number of halogens is 1. The van der Waals surface area contributed by atoms with E-state index in [1.807, 2.05) is 0 Å². The quantitative estimate of drug-likeness (QED) is 0.487. The molecule has 1 heterocycles. The summed E-state index contributed by atoms with van der Waals surface area (Å²) < 4.78 is 12.6. The van der Waals surface area contributed by atoms with Gasteiger partial charge >= 0.3 is 5.97 Å². The number of rotatable bonds is 5. The minimum absolute atomic E-state index is 0.238. The predicted molar refractivity (Wildman–Crippen MR) is 56.7 cm³/mol. The summed E-state index contributed by atoms with van der Waals surface area (Å²) in [5.74, 6) is -1.32. The molecule has 3 nitrogen and oxygen atoms in total. The van der Waals surface area contributed by atoms with Crippen LogP contribution in [0.15, 0.2) is 22.7 Å². The third-order valence-electron chi connectivity index (χ3n) is 1.93. The smallest absolute Gasteiger partial charge is 0.311 e. The molecule has 5 heteroatoms. The van der Waals surface area contributed by atoms with E-state index in [4.69, 9.17) is 10.5 Å². The number of carbonyl (C=O) groups is 1. The Hall–Kier alpha value is -1.10. The predicted octanol–water partition coefficient (Wildman–Crippen LogP) is 2.07. The molecule has 14 heavy (non-hydrogen) atoms. The highest BCUT2D eigenvalue weighted by Gasteiger charge is 2.15. The van der Waals surface area contributed by atoms with E-state index in [0.29, 0.717) is 12.2 Å². The molecular weight excluding hydrogens is 205 g/mol. The van der Waals surface area contributed by atoms with Gasteiger partial charge in [-0.2, -0.15) is 0 Å². The Kier molecular flexibility index (Phi) is 3.88. The normalized spacial score (nSPS) is 24.4. The number of nitrogens with one attached hydrogen (secondary N) is 1. The van der Waals surface area contributed by atoms with E-state index in [0.717, 1.165) is 6.21 Å². The molecule has 0 aromatic heterocycles. The van der Waals surface area contributed by atoms with Crippen molar-refractivity contribution in [1.82, 2.24) is 0 Å². The van der Waals surface area contributed by atoms with Gasteiger partial charge in [0.05, 0.1) is 5.92 Å². The number of aliphatic carboxylic acids is 1. The molecule has 0 fully saturated rings. The Morgan fingerprint density at radius 3 is 2.93 bits per heavy atom. The van der Waals surface area contributed by atoms with Crippen molar-refractivity contribution in [3.05, 3.63) is 22.7 Å². The monoisotopic (exact) mass is 217 g/mol. The molecule has 2 unspecified atom stereocenters. The molecule has 0 radical (unpaired) electrons. The van der Waals surface area contributed by atoms with Crippen LogP contribution in [0, 0.1) is 11.3 Å². The number of carboxylic acids is 1. The van der Waals surface area contributed by atoms with Gasteiger partial charge in [-0.15, -0.1) is 0 Å². The Labute approximate surface area is 84.2 Å². The Morgan fingerprint density at radius 1 is 1.79 bits per heavy atom. The SMILES string of the molecule is N=CC(CC[SH]1C=CC(F)=C1)C(=O)O. The number of hydrogen-bond acceptors (Lipinski definition) is 2. The van der Waals surface area contributed by atoms with E-state index < -0.39 is 22.8 Å². The molecule has 0 saturated carbocycles. The number of hydrogen-bond donors (Lipinski definition) is 3. The maximum atomic E-state index is 12.6. The minimum atomic E-state index is -0.984. The lowest BCUT2D eigenvalue weighted by Crippen LogP contribution is -2.15. The topological polar surface area (TPSA) is 61.2 Å². The lowest BCUT2D eigenvalue weighted by atomic mass is 10.1. The van der Waals surface area contributed by atoms with Crippen LogP contribution in [0.3, 0.4) is 0 Å². The van der Waals surface area contributed by atoms with E-state index in [9.17, 15) is 9.18 Å². The standard InChI is InChI=1S/C9H12FNO2S/c10-8-2-4-14(6-8)3-1-7(5-11)9(12)13/h2,4-7,11,14H,1,3H2,(H,12,13). The maximum Gasteiger partial charge on any atom is 0.311 e. The molecule has 0 spiro atoms. The summed E-state index contributed by atoms with van der Waals surface area (Å²) in [4.78, 5) is 10.5. The molecule has 0 bridgehead atoms. The molecule has 0 saturated heterocycles. The van der Waals surface area contributed by atoms with E-state index >= 15 is 0 Å². The van der Waals surface area contributed by atoms with Crippen LogP contribution in [-0.2, 0) is 4.79 Å². The fourth-order valence-electron chi connectivity index (χ4n) is 1.12. The highest BCUT2D eigenvalue weighted by molar-refractivity contribution is 8.22. The van der Waals surface area contributed by atoms with Crippen molar-refractivity contribution in [1.29, 1.82) is 5.41 Å². The lowest BCUT2D eigenvalue weighted by molar-refractivity contribution is -0.139. The van der Waals surface area contributed by atoms with Gasteiger partial charge in [-0.05, 0) is 29.1 Å². The highest BCUT2D eigenvalue weighted by atomic mass is 32.2. The van der Waals surface area contributed by atoms with Gasteiger partial charge in [-0.3, -0.25) is 4.79 Å². The largest absolute Gasteiger partial charge is 0.481 e. The molecule has 1 aliphatic heterocycles. The van der Waals surface area contributed by atoms with Gasteiger partial charge in [-0.1, -0.05) is 0 Å². The van der Waals surface area contributed by atoms with Crippen LogP contribution in [-0.4, -0.2) is 23.0 Å². The molecular formula is C9H12FNO2S. The second-order valence-electron chi connectivity index (χ2n) is 2.97. The molecule has 1 rings (SSSR count). The van der Waals surface area contributed by atoms with Crippen LogP contribution in [0.1, 0.15) is 6.42 Å². The lowest BCUT2D eigenvalue weighted by Gasteiger charge is -2.11. The molecule has 0 aliphatic carbocycles. The summed E-state index contributed by atoms with van der Waals surface area (Å²) in [5, 5.41) is 18.8. The fourth-order valence-corrected chi connectivity index (χ4v) is 2.79. The van der Waals surface area contributed by atoms with Gasteiger partial charge in [0.1, 0.15) is 5.83 Å². The highest BCUT2D eigenvalue weighted by Crippen LogP contribution is 2.37. The van der Waals surface area contributed by atoms with Crippen molar-refractivity contribution in [3.8, 4) is 0 Å². The summed E-state index contributed by atoms with van der Waals surface area (Å²) in [6.07, 6.45) is 2.74. The molecule has 2 atom stereocenters. The van der Waals surface area contributed by atoms with Crippen molar-refractivity contribution < 1.29 is 14.3 Å². The van der Waals surface area contributed by atoms with Gasteiger partial charge < -0.3 is 10.5 Å². The Morgan fingerprint density at radius 2 is 2.50 bits per heavy atom. The average Bonchev–Trinajstić information content (AvgIpc) is 2.52. The number of allylic oxidation sites excluding steroid dienone is 2. The second kappa shape index (κ2) is 4.95. The van der Waals surface area contributed by atoms with Gasteiger partial charge in [-0.25, -0.2) is 15.3 Å². The van der Waals surface area contributed by atoms with E-state index in [1.54, 1.807) is 5.41 Å². The zero-order chi connectivity index (χ0) is 10.6. The van der Waals surface area contributed by atoms with E-state index in [1.165, 1.54) is 11.5 Å². The summed E-state index contributed by atoms with van der Waals surface area (Å²) >= 11 is 0. The zero-order valence-corrected chi connectivity index (χ0v) is 8.38. The Balaban J connectivity index is 2.37. The number of carboxylic acid groups (broad SMARTS) is 1. The first-order chi connectivity index (χ1) is 6.63. The van der Waals surface area contributed by atoms with Crippen LogP contribution in [0.2, 0.25) is 0 Å². The summed E-state index contributed by atoms with van der Waals surface area (Å²) in [7, 11) is -0.632.